The van der Waals surface area contributed by atoms with Gasteiger partial charge in [-0.2, -0.15) is 0 Å². The first-order valence-electron chi connectivity index (χ1n) is 4.09. The van der Waals surface area contributed by atoms with Gasteiger partial charge in [0.25, 0.3) is 5.91 Å². The zero-order valence-electron chi connectivity index (χ0n) is 8.41. The molecule has 0 aliphatic rings. The molecule has 0 aromatic heterocycles. The molecule has 0 aliphatic carbocycles. The molecule has 0 aromatic carbocycles. The lowest BCUT2D eigenvalue weighted by atomic mass is 10.2. The van der Waals surface area contributed by atoms with Gasteiger partial charge in [-0.3, -0.25) is 10.2 Å². The van der Waals surface area contributed by atoms with E-state index in [1.54, 1.807) is 0 Å². The topological polar surface area (TPSA) is 78.4 Å². The fourth-order valence-electron chi connectivity index (χ4n) is 0.635. The van der Waals surface area contributed by atoms with Gasteiger partial charge in [-0.25, -0.2) is 10.2 Å². The molecule has 0 fully saturated rings. The van der Waals surface area contributed by atoms with Gasteiger partial charge in [0.15, 0.2) is 0 Å². The highest BCUT2D eigenvalue weighted by molar-refractivity contribution is 5.97. The molecule has 1 radical (unpaired) electrons. The van der Waals surface area contributed by atoms with E-state index in [1.165, 1.54) is 25.6 Å². The summed E-state index contributed by atoms with van der Waals surface area (Å²) >= 11 is 0. The molecule has 3 N–H and O–H groups in total. The van der Waals surface area contributed by atoms with E-state index in [2.05, 4.69) is 24.0 Å². The molecule has 81 valence electrons. The Morgan fingerprint density at radius 3 is 2.47 bits per heavy atom. The molecule has 0 saturated carbocycles. The Morgan fingerprint density at radius 1 is 1.40 bits per heavy atom. The number of carbonyl (C=O) groups is 2. The van der Waals surface area contributed by atoms with Gasteiger partial charge in [0.05, 0.1) is 6.54 Å². The van der Waals surface area contributed by atoms with Crippen LogP contribution in [0.3, 0.4) is 0 Å². The third-order valence-corrected chi connectivity index (χ3v) is 1.41. The smallest absolute Gasteiger partial charge is 0.331 e. The van der Waals surface area contributed by atoms with Gasteiger partial charge in [0.1, 0.15) is 0 Å². The van der Waals surface area contributed by atoms with Crippen LogP contribution in [0.1, 0.15) is 6.92 Å². The number of aliphatic carboxylic acids is 1. The molecular weight excluding hydrogens is 196 g/mol. The predicted octanol–water partition coefficient (Wildman–Crippen LogP) is 0.542. The van der Waals surface area contributed by atoms with Crippen molar-refractivity contribution in [3.63, 3.8) is 0 Å². The van der Waals surface area contributed by atoms with E-state index in [0.717, 1.165) is 0 Å². The summed E-state index contributed by atoms with van der Waals surface area (Å²) in [6.45, 7) is 9.61. The first-order chi connectivity index (χ1) is 6.99. The van der Waals surface area contributed by atoms with E-state index < -0.39 is 11.9 Å². The Balaban J connectivity index is 4.21. The Labute approximate surface area is 88.1 Å². The molecule has 0 spiro atoms. The van der Waals surface area contributed by atoms with E-state index in [9.17, 15) is 9.59 Å². The Kier molecular flexibility index (Phi) is 5.73. The van der Waals surface area contributed by atoms with Crippen LogP contribution in [0.2, 0.25) is 0 Å². The Bertz CT molecular complexity index is 319. The summed E-state index contributed by atoms with van der Waals surface area (Å²) in [5.41, 5.74) is 4.81. The molecule has 5 heteroatoms. The van der Waals surface area contributed by atoms with Crippen LogP contribution in [-0.4, -0.2) is 17.0 Å². The van der Waals surface area contributed by atoms with Crippen molar-refractivity contribution in [1.29, 1.82) is 0 Å². The normalized spacial score (nSPS) is 10.6. The van der Waals surface area contributed by atoms with Crippen LogP contribution in [0.5, 0.6) is 0 Å². The number of hydrazine groups is 1. The lowest BCUT2D eigenvalue weighted by molar-refractivity contribution is -0.132. The van der Waals surface area contributed by atoms with Crippen LogP contribution in [0.4, 0.5) is 0 Å². The Hall–Kier alpha value is -1.88. The molecule has 5 nitrogen and oxygen atoms in total. The fraction of sp³-hybridized carbons (Fsp3) is 0.100. The van der Waals surface area contributed by atoms with Crippen molar-refractivity contribution in [2.24, 2.45) is 0 Å². The van der Waals surface area contributed by atoms with Crippen molar-refractivity contribution >= 4 is 11.9 Å². The number of rotatable bonds is 6. The van der Waals surface area contributed by atoms with Crippen LogP contribution < -0.4 is 10.9 Å². The summed E-state index contributed by atoms with van der Waals surface area (Å²) < 4.78 is 0. The standard InChI is InChI=1S/C10H13N2O3/c1-4-5-11-12-9(13)7(2)6-8(3)10(14)15/h4-6,11H,1-2H2,3H3,(H,12,13)(H,14,15). The number of hydrogen-bond donors (Lipinski definition) is 3. The minimum atomic E-state index is -1.09. The number of amides is 1. The van der Waals surface area contributed by atoms with Crippen LogP contribution >= 0.6 is 0 Å². The molecule has 0 heterocycles. The molecule has 0 aromatic rings. The molecule has 0 saturated heterocycles. The minimum absolute atomic E-state index is 0.0443. The number of carbonyl (C=O) groups excluding carboxylic acids is 1. The second-order valence-corrected chi connectivity index (χ2v) is 2.66. The molecule has 1 amide bonds. The highest BCUT2D eigenvalue weighted by Crippen LogP contribution is 2.00. The molecule has 0 atom stereocenters. The average molecular weight is 209 g/mol. The minimum Gasteiger partial charge on any atom is -0.478 e. The first-order valence-corrected chi connectivity index (χ1v) is 4.09. The van der Waals surface area contributed by atoms with E-state index in [0.29, 0.717) is 0 Å². The SMILES string of the molecule is C=C[CH]NNC(=O)C(=C)C=C(C)C(=O)O. The van der Waals surface area contributed by atoms with Gasteiger partial charge < -0.3 is 5.11 Å². The monoisotopic (exact) mass is 209 g/mol. The first kappa shape index (κ1) is 13.1. The highest BCUT2D eigenvalue weighted by atomic mass is 16.4. The lowest BCUT2D eigenvalue weighted by Crippen LogP contribution is -2.35. The van der Waals surface area contributed by atoms with Gasteiger partial charge >= 0.3 is 5.97 Å². The molecule has 0 unspecified atom stereocenters. The van der Waals surface area contributed by atoms with E-state index in [4.69, 9.17) is 5.11 Å². The second-order valence-electron chi connectivity index (χ2n) is 2.66. The maximum absolute atomic E-state index is 11.2. The quantitative estimate of drug-likeness (QED) is 0.258. The zero-order chi connectivity index (χ0) is 11.8. The number of nitrogens with one attached hydrogen (secondary N) is 2. The van der Waals surface area contributed by atoms with Crippen LogP contribution in [0, 0.1) is 6.54 Å². The van der Waals surface area contributed by atoms with E-state index in [1.807, 2.05) is 0 Å². The van der Waals surface area contributed by atoms with Crippen molar-refractivity contribution in [1.82, 2.24) is 10.9 Å². The molecule has 15 heavy (non-hydrogen) atoms. The predicted molar refractivity (Wildman–Crippen MR) is 56.3 cm³/mol. The van der Waals surface area contributed by atoms with Gasteiger partial charge in [-0.15, -0.1) is 6.58 Å². The van der Waals surface area contributed by atoms with Gasteiger partial charge in [0, 0.05) is 11.1 Å². The van der Waals surface area contributed by atoms with Crippen LogP contribution in [-0.2, 0) is 9.59 Å². The second kappa shape index (κ2) is 6.56. The molecular formula is C10H13N2O3. The van der Waals surface area contributed by atoms with Crippen LogP contribution in [0.15, 0.2) is 36.5 Å². The maximum Gasteiger partial charge on any atom is 0.331 e. The molecule has 0 rings (SSSR count). The van der Waals surface area contributed by atoms with Gasteiger partial charge in [-0.1, -0.05) is 12.7 Å². The summed E-state index contributed by atoms with van der Waals surface area (Å²) in [6, 6.07) is 0. The molecule has 0 aliphatic heterocycles. The highest BCUT2D eigenvalue weighted by Gasteiger charge is 2.06. The third kappa shape index (κ3) is 5.43. The van der Waals surface area contributed by atoms with Gasteiger partial charge in [-0.05, 0) is 13.0 Å². The number of carboxylic acids is 1. The maximum atomic E-state index is 11.2. The van der Waals surface area contributed by atoms with Crippen molar-refractivity contribution in [3.05, 3.63) is 43.0 Å². The largest absolute Gasteiger partial charge is 0.478 e. The van der Waals surface area contributed by atoms with Gasteiger partial charge in [0.2, 0.25) is 0 Å². The molecule has 0 bridgehead atoms. The summed E-state index contributed by atoms with van der Waals surface area (Å²) in [4.78, 5) is 21.7. The summed E-state index contributed by atoms with van der Waals surface area (Å²) in [5, 5.41) is 8.55. The van der Waals surface area contributed by atoms with E-state index >= 15 is 0 Å². The number of hydrogen-bond acceptors (Lipinski definition) is 3. The Morgan fingerprint density at radius 2 is 2.00 bits per heavy atom. The summed E-state index contributed by atoms with van der Waals surface area (Å²) in [6.07, 6.45) is 2.63. The summed E-state index contributed by atoms with van der Waals surface area (Å²) in [7, 11) is 0. The van der Waals surface area contributed by atoms with Crippen molar-refractivity contribution in [3.8, 4) is 0 Å². The summed E-state index contributed by atoms with van der Waals surface area (Å²) in [5.74, 6) is -1.59. The fourth-order valence-corrected chi connectivity index (χ4v) is 0.635. The lowest BCUT2D eigenvalue weighted by Gasteiger charge is -2.04. The van der Waals surface area contributed by atoms with Crippen LogP contribution in [0.25, 0.3) is 0 Å². The average Bonchev–Trinajstić information content (AvgIpc) is 2.17. The zero-order valence-corrected chi connectivity index (χ0v) is 8.41. The third-order valence-electron chi connectivity index (χ3n) is 1.41. The number of carboxylic acid groups (broad SMARTS) is 1. The van der Waals surface area contributed by atoms with Crippen molar-refractivity contribution < 1.29 is 14.7 Å². The van der Waals surface area contributed by atoms with E-state index in [-0.39, 0.29) is 11.1 Å². The van der Waals surface area contributed by atoms with Crippen molar-refractivity contribution in [2.45, 2.75) is 6.92 Å². The van der Waals surface area contributed by atoms with Crippen molar-refractivity contribution in [2.75, 3.05) is 0 Å².